The number of aromatic nitrogens is 3. The molecule has 1 aliphatic heterocycles. The maximum atomic E-state index is 13.5. The number of fused-ring (bicyclic) bond motifs is 1. The average Bonchev–Trinajstić information content (AvgIpc) is 3.20. The average molecular weight is 548 g/mol. The van der Waals surface area contributed by atoms with Gasteiger partial charge in [0.2, 0.25) is 10.0 Å². The molecule has 0 bridgehead atoms. The molecule has 38 heavy (non-hydrogen) atoms. The molecule has 0 spiro atoms. The third-order valence-electron chi connectivity index (χ3n) is 6.86. The van der Waals surface area contributed by atoms with Gasteiger partial charge in [0.25, 0.3) is 10.6 Å². The molecule has 1 saturated heterocycles. The van der Waals surface area contributed by atoms with E-state index < -0.39 is 15.1 Å². The zero-order valence-corrected chi connectivity index (χ0v) is 22.6. The fraction of sp³-hybridized carbons (Fsp3) is 0.520. The van der Waals surface area contributed by atoms with Gasteiger partial charge in [0.05, 0.1) is 29.2 Å². The quantitative estimate of drug-likeness (QED) is 0.284. The summed E-state index contributed by atoms with van der Waals surface area (Å²) in [6.07, 6.45) is 5.23. The number of piperidine rings is 1. The van der Waals surface area contributed by atoms with Crippen molar-refractivity contribution >= 4 is 21.1 Å². The van der Waals surface area contributed by atoms with Crippen LogP contribution < -0.4 is 10.3 Å². The fourth-order valence-corrected chi connectivity index (χ4v) is 6.47. The van der Waals surface area contributed by atoms with Crippen molar-refractivity contribution in [1.29, 1.82) is 0 Å². The molecule has 0 amide bonds. The summed E-state index contributed by atoms with van der Waals surface area (Å²) in [5, 5.41) is 9.55. The number of aromatic amines is 1. The minimum Gasteiger partial charge on any atom is -0.493 e. The van der Waals surface area contributed by atoms with Gasteiger partial charge in [-0.2, -0.15) is 4.31 Å². The van der Waals surface area contributed by atoms with E-state index in [1.165, 1.54) is 16.4 Å². The molecule has 1 aliphatic rings. The summed E-state index contributed by atoms with van der Waals surface area (Å²) in [6, 6.07) is 4.60. The van der Waals surface area contributed by atoms with Gasteiger partial charge in [0.15, 0.2) is 0 Å². The highest BCUT2D eigenvalue weighted by molar-refractivity contribution is 7.89. The highest BCUT2D eigenvalue weighted by Gasteiger charge is 2.30. The van der Waals surface area contributed by atoms with E-state index >= 15 is 0 Å². The predicted octanol–water partition coefficient (Wildman–Crippen LogP) is 3.28. The van der Waals surface area contributed by atoms with E-state index in [-0.39, 0.29) is 28.8 Å². The van der Waals surface area contributed by atoms with Crippen molar-refractivity contribution in [2.45, 2.75) is 50.8 Å². The molecule has 206 valence electrons. The first-order valence-electron chi connectivity index (χ1n) is 12.8. The number of nitrogens with zero attached hydrogens (tertiary/aromatic N) is 4. The van der Waals surface area contributed by atoms with Crippen LogP contribution in [0, 0.1) is 16.0 Å². The Labute approximate surface area is 220 Å². The highest BCUT2D eigenvalue weighted by atomic mass is 32.2. The Hall–Kier alpha value is -3.45. The second-order valence-electron chi connectivity index (χ2n) is 9.41. The van der Waals surface area contributed by atoms with Crippen molar-refractivity contribution in [3.8, 4) is 17.1 Å². The van der Waals surface area contributed by atoms with Crippen molar-refractivity contribution in [2.75, 3.05) is 26.3 Å². The molecule has 13 heteroatoms. The van der Waals surface area contributed by atoms with E-state index in [4.69, 9.17) is 9.72 Å². The van der Waals surface area contributed by atoms with Crippen molar-refractivity contribution in [2.24, 2.45) is 13.0 Å². The molecule has 1 aromatic carbocycles. The molecule has 12 nitrogen and oxygen atoms in total. The predicted molar refractivity (Wildman–Crippen MR) is 141 cm³/mol. The number of nitrogens with one attached hydrogen (secondary N) is 1. The number of benzene rings is 1. The van der Waals surface area contributed by atoms with E-state index in [1.54, 1.807) is 17.7 Å². The maximum absolute atomic E-state index is 13.5. The van der Waals surface area contributed by atoms with Crippen LogP contribution in [0.5, 0.6) is 5.75 Å². The molecule has 0 saturated carbocycles. The van der Waals surface area contributed by atoms with Gasteiger partial charge in [0, 0.05) is 26.3 Å². The first-order valence-corrected chi connectivity index (χ1v) is 14.2. The molecule has 2 aromatic heterocycles. The number of sulfonamides is 1. The molecule has 1 N–H and O–H groups in total. The zero-order chi connectivity index (χ0) is 27.4. The minimum atomic E-state index is -3.83. The van der Waals surface area contributed by atoms with Crippen molar-refractivity contribution in [3.63, 3.8) is 0 Å². The number of hydrogen-bond acceptors (Lipinski definition) is 8. The van der Waals surface area contributed by atoms with Gasteiger partial charge in [-0.15, -0.1) is 10.1 Å². The van der Waals surface area contributed by atoms with Gasteiger partial charge in [-0.25, -0.2) is 13.4 Å². The number of hydrogen-bond donors (Lipinski definition) is 1. The number of rotatable bonds is 11. The Morgan fingerprint density at radius 1 is 1.24 bits per heavy atom. The summed E-state index contributed by atoms with van der Waals surface area (Å²) in [5.41, 5.74) is 2.08. The third-order valence-corrected chi connectivity index (χ3v) is 8.76. The lowest BCUT2D eigenvalue weighted by Crippen LogP contribution is -2.38. The Balaban J connectivity index is 1.66. The molecule has 0 atom stereocenters. The van der Waals surface area contributed by atoms with Crippen LogP contribution in [0.1, 0.15) is 45.1 Å². The lowest BCUT2D eigenvalue weighted by molar-refractivity contribution is -0.758. The summed E-state index contributed by atoms with van der Waals surface area (Å²) in [4.78, 5) is 35.4. The second-order valence-corrected chi connectivity index (χ2v) is 11.3. The number of aryl methyl sites for hydroxylation is 2. The van der Waals surface area contributed by atoms with Gasteiger partial charge in [0.1, 0.15) is 17.1 Å². The van der Waals surface area contributed by atoms with E-state index in [2.05, 4.69) is 16.7 Å². The Bertz CT molecular complexity index is 1470. The first kappa shape index (κ1) is 27.6. The maximum Gasteiger partial charge on any atom is 0.294 e. The molecule has 1 fully saturated rings. The summed E-state index contributed by atoms with van der Waals surface area (Å²) >= 11 is 0. The highest BCUT2D eigenvalue weighted by Crippen LogP contribution is 2.33. The van der Waals surface area contributed by atoms with Crippen LogP contribution in [-0.4, -0.2) is 58.6 Å². The number of ether oxygens (including phenoxy) is 1. The molecular weight excluding hydrogens is 514 g/mol. The second kappa shape index (κ2) is 11.5. The van der Waals surface area contributed by atoms with E-state index in [9.17, 15) is 23.3 Å². The molecular formula is C25H33N5O7S. The fourth-order valence-electron chi connectivity index (χ4n) is 4.97. The van der Waals surface area contributed by atoms with Crippen LogP contribution in [0.2, 0.25) is 0 Å². The van der Waals surface area contributed by atoms with Crippen LogP contribution in [-0.2, 0) is 28.3 Å². The van der Waals surface area contributed by atoms with Crippen molar-refractivity contribution < 1.29 is 23.1 Å². The van der Waals surface area contributed by atoms with Crippen molar-refractivity contribution in [3.05, 3.63) is 50.4 Å². The lowest BCUT2D eigenvalue weighted by atomic mass is 9.95. The van der Waals surface area contributed by atoms with Gasteiger partial charge in [-0.3, -0.25) is 4.79 Å². The monoisotopic (exact) mass is 547 g/mol. The molecule has 4 rings (SSSR count). The Morgan fingerprint density at radius 3 is 2.63 bits per heavy atom. The largest absolute Gasteiger partial charge is 0.493 e. The third kappa shape index (κ3) is 5.68. The molecule has 3 heterocycles. The van der Waals surface area contributed by atoms with Crippen LogP contribution in [0.3, 0.4) is 0 Å². The summed E-state index contributed by atoms with van der Waals surface area (Å²) in [6.45, 7) is 4.84. The van der Waals surface area contributed by atoms with E-state index in [0.717, 1.165) is 18.4 Å². The standard InChI is InChI=1S/C25H33N5O7S/c1-4-6-18-16-28(3)23-22(18)26-24(27-25(23)31)20-15-19(7-8-21(20)36-5-2)38(34,35)29-12-9-17(10-13-29)11-14-37-30(32)33/h7-8,15-17H,4-6,9-14H2,1-3H3,(H,26,27,31). The lowest BCUT2D eigenvalue weighted by Gasteiger charge is -2.31. The Morgan fingerprint density at radius 2 is 1.97 bits per heavy atom. The van der Waals surface area contributed by atoms with Crippen LogP contribution in [0.25, 0.3) is 22.4 Å². The topological polar surface area (TPSA) is 150 Å². The van der Waals surface area contributed by atoms with Crippen LogP contribution in [0.15, 0.2) is 34.1 Å². The van der Waals surface area contributed by atoms with Crippen LogP contribution in [0.4, 0.5) is 0 Å². The Kier molecular flexibility index (Phi) is 8.36. The number of H-pyrrole nitrogens is 1. The van der Waals surface area contributed by atoms with Gasteiger partial charge in [-0.1, -0.05) is 13.3 Å². The molecule has 0 radical (unpaired) electrons. The van der Waals surface area contributed by atoms with Crippen molar-refractivity contribution in [1.82, 2.24) is 18.8 Å². The first-order chi connectivity index (χ1) is 18.1. The van der Waals surface area contributed by atoms with E-state index in [0.29, 0.717) is 61.3 Å². The normalized spacial score (nSPS) is 15.1. The molecule has 3 aromatic rings. The summed E-state index contributed by atoms with van der Waals surface area (Å²) < 4.78 is 36.0. The van der Waals surface area contributed by atoms with Gasteiger partial charge in [-0.05, 0) is 62.3 Å². The van der Waals surface area contributed by atoms with Gasteiger partial charge < -0.3 is 19.1 Å². The smallest absolute Gasteiger partial charge is 0.294 e. The summed E-state index contributed by atoms with van der Waals surface area (Å²) in [5.74, 6) is 0.823. The minimum absolute atomic E-state index is 0.00357. The molecule has 0 unspecified atom stereocenters. The molecule has 0 aliphatic carbocycles. The van der Waals surface area contributed by atoms with Crippen LogP contribution >= 0.6 is 0 Å². The SMILES string of the molecule is CCCc1cn(C)c2c(=O)[nH]c(-c3cc(S(=O)(=O)N4CCC(CCO[N+](=O)[O-])CC4)ccc3OCC)nc12. The zero-order valence-electron chi connectivity index (χ0n) is 21.8. The van der Waals surface area contributed by atoms with Gasteiger partial charge >= 0.3 is 0 Å². The summed E-state index contributed by atoms with van der Waals surface area (Å²) in [7, 11) is -2.03. The van der Waals surface area contributed by atoms with E-state index in [1.807, 2.05) is 13.1 Å².